The minimum Gasteiger partial charge on any atom is -0.480 e. The highest BCUT2D eigenvalue weighted by Crippen LogP contribution is 2.26. The third-order valence-corrected chi connectivity index (χ3v) is 8.90. The molecule has 3 atom stereocenters. The highest BCUT2D eigenvalue weighted by molar-refractivity contribution is 7.17. The van der Waals surface area contributed by atoms with Crippen LogP contribution in [0.1, 0.15) is 33.6 Å². The summed E-state index contributed by atoms with van der Waals surface area (Å²) >= 11 is 1.49. The third-order valence-electron chi connectivity index (χ3n) is 7.89. The van der Waals surface area contributed by atoms with E-state index in [9.17, 15) is 33.5 Å². The van der Waals surface area contributed by atoms with Gasteiger partial charge < -0.3 is 31.4 Å². The Hall–Kier alpha value is -5.89. The molecule has 12 nitrogen and oxygen atoms in total. The second-order valence-corrected chi connectivity index (χ2v) is 12.4. The number of nitrogens with one attached hydrogen (secondary N) is 5. The minimum absolute atomic E-state index is 0.0479. The second kappa shape index (κ2) is 17.0. The standard InChI is InChI=1S/C36H35FN6O6S/c37-25-12-10-23(11-13-25)33(45)39-15-14-32(44)41-29(17-24-20-50-31-9-5-4-8-27(24)31)35(47)42-28(16-22-6-2-1-3-7-22)34(46)43-30(36(48)49)18-26-19-38-21-40-26/h1-13,19-21,28-30H,14-18H2,(H,38,40)(H,39,45)(H,41,44)(H,42,47)(H,43,46)(H,48,49)/t28-,29+,30+/m1/s1. The molecule has 2 heterocycles. The van der Waals surface area contributed by atoms with Gasteiger partial charge in [-0.3, -0.25) is 19.2 Å². The fourth-order valence-electron chi connectivity index (χ4n) is 5.30. The summed E-state index contributed by atoms with van der Waals surface area (Å²) in [6.45, 7) is -0.0519. The number of rotatable bonds is 16. The predicted octanol–water partition coefficient (Wildman–Crippen LogP) is 3.15. The van der Waals surface area contributed by atoms with Crippen molar-refractivity contribution in [2.75, 3.05) is 6.54 Å². The molecule has 50 heavy (non-hydrogen) atoms. The van der Waals surface area contributed by atoms with Crippen LogP contribution < -0.4 is 21.3 Å². The maximum Gasteiger partial charge on any atom is 0.326 e. The zero-order chi connectivity index (χ0) is 35.5. The highest BCUT2D eigenvalue weighted by Gasteiger charge is 2.31. The summed E-state index contributed by atoms with van der Waals surface area (Å²) in [6, 6.07) is 17.9. The van der Waals surface area contributed by atoms with Crippen LogP contribution in [0.2, 0.25) is 0 Å². The fourth-order valence-corrected chi connectivity index (χ4v) is 6.28. The predicted molar refractivity (Wildman–Crippen MR) is 185 cm³/mol. The smallest absolute Gasteiger partial charge is 0.326 e. The van der Waals surface area contributed by atoms with Gasteiger partial charge in [-0.1, -0.05) is 48.5 Å². The normalized spacial score (nSPS) is 12.7. The molecule has 4 amide bonds. The summed E-state index contributed by atoms with van der Waals surface area (Å²) < 4.78 is 14.2. The van der Waals surface area contributed by atoms with E-state index in [2.05, 4.69) is 31.2 Å². The molecule has 0 spiro atoms. The molecule has 0 unspecified atom stereocenters. The first-order valence-electron chi connectivity index (χ1n) is 15.8. The van der Waals surface area contributed by atoms with E-state index < -0.39 is 53.5 Å². The largest absolute Gasteiger partial charge is 0.480 e. The zero-order valence-corrected chi connectivity index (χ0v) is 27.5. The number of carboxylic acid groups (broad SMARTS) is 1. The Kier molecular flexibility index (Phi) is 12.0. The van der Waals surface area contributed by atoms with Crippen molar-refractivity contribution in [1.82, 2.24) is 31.2 Å². The summed E-state index contributed by atoms with van der Waals surface area (Å²) in [6.07, 6.45) is 2.78. The molecule has 0 saturated carbocycles. The van der Waals surface area contributed by atoms with Crippen molar-refractivity contribution in [2.24, 2.45) is 0 Å². The van der Waals surface area contributed by atoms with Crippen LogP contribution in [0.25, 0.3) is 10.1 Å². The van der Waals surface area contributed by atoms with Crippen LogP contribution in [-0.2, 0) is 38.4 Å². The van der Waals surface area contributed by atoms with Crippen molar-refractivity contribution in [2.45, 2.75) is 43.8 Å². The number of H-pyrrole nitrogens is 1. The lowest BCUT2D eigenvalue weighted by Gasteiger charge is -2.25. The molecule has 0 saturated heterocycles. The van der Waals surface area contributed by atoms with Crippen molar-refractivity contribution < 1.29 is 33.5 Å². The Morgan fingerprint density at radius 3 is 2.18 bits per heavy atom. The first-order chi connectivity index (χ1) is 24.2. The zero-order valence-electron chi connectivity index (χ0n) is 26.7. The molecule has 0 aliphatic rings. The van der Waals surface area contributed by atoms with E-state index in [-0.39, 0.29) is 37.8 Å². The number of imidazole rings is 1. The second-order valence-electron chi connectivity index (χ2n) is 11.5. The third kappa shape index (κ3) is 9.82. The summed E-state index contributed by atoms with van der Waals surface area (Å²) in [5, 5.41) is 23.3. The van der Waals surface area contributed by atoms with E-state index in [0.717, 1.165) is 33.3 Å². The Bertz CT molecular complexity index is 1930. The Labute approximate surface area is 290 Å². The molecular weight excluding hydrogens is 663 g/mol. The number of carboxylic acids is 1. The molecule has 0 aliphatic carbocycles. The van der Waals surface area contributed by atoms with Gasteiger partial charge in [-0.2, -0.15) is 0 Å². The maximum absolute atomic E-state index is 14.0. The van der Waals surface area contributed by atoms with Crippen molar-refractivity contribution >= 4 is 51.0 Å². The number of amides is 4. The van der Waals surface area contributed by atoms with Crippen molar-refractivity contribution in [3.8, 4) is 0 Å². The van der Waals surface area contributed by atoms with E-state index in [1.54, 1.807) is 30.3 Å². The summed E-state index contributed by atoms with van der Waals surface area (Å²) in [5.74, 6) is -4.14. The molecule has 258 valence electrons. The molecule has 0 fully saturated rings. The van der Waals surface area contributed by atoms with Gasteiger partial charge in [0, 0.05) is 54.4 Å². The molecule has 6 N–H and O–H groups in total. The van der Waals surface area contributed by atoms with E-state index in [1.807, 2.05) is 29.6 Å². The number of aromatic amines is 1. The van der Waals surface area contributed by atoms with Gasteiger partial charge in [0.15, 0.2) is 0 Å². The van der Waals surface area contributed by atoms with Crippen LogP contribution in [-0.4, -0.2) is 69.3 Å². The first-order valence-corrected chi connectivity index (χ1v) is 16.7. The van der Waals surface area contributed by atoms with Crippen LogP contribution in [0.5, 0.6) is 0 Å². The van der Waals surface area contributed by atoms with Gasteiger partial charge in [0.2, 0.25) is 17.7 Å². The monoisotopic (exact) mass is 698 g/mol. The van der Waals surface area contributed by atoms with Crippen LogP contribution in [0.4, 0.5) is 4.39 Å². The average molecular weight is 699 g/mol. The van der Waals surface area contributed by atoms with E-state index in [4.69, 9.17) is 0 Å². The quantitative estimate of drug-likeness (QED) is 0.0915. The van der Waals surface area contributed by atoms with Gasteiger partial charge in [-0.05, 0) is 52.2 Å². The number of hydrogen-bond donors (Lipinski definition) is 6. The van der Waals surface area contributed by atoms with Gasteiger partial charge in [0.25, 0.3) is 5.91 Å². The van der Waals surface area contributed by atoms with Gasteiger partial charge >= 0.3 is 5.97 Å². The summed E-state index contributed by atoms with van der Waals surface area (Å²) in [4.78, 5) is 72.0. The lowest BCUT2D eigenvalue weighted by atomic mass is 10.0. The number of halogens is 1. The Morgan fingerprint density at radius 2 is 1.48 bits per heavy atom. The Balaban J connectivity index is 1.32. The molecule has 5 rings (SSSR count). The molecule has 2 aromatic heterocycles. The average Bonchev–Trinajstić information content (AvgIpc) is 3.78. The number of thiophene rings is 1. The lowest BCUT2D eigenvalue weighted by molar-refractivity contribution is -0.142. The number of fused-ring (bicyclic) bond motifs is 1. The maximum atomic E-state index is 14.0. The molecule has 0 radical (unpaired) electrons. The molecule has 0 bridgehead atoms. The topological polar surface area (TPSA) is 182 Å². The Morgan fingerprint density at radius 1 is 0.800 bits per heavy atom. The molecule has 0 aliphatic heterocycles. The van der Waals surface area contributed by atoms with Crippen molar-refractivity contribution in [1.29, 1.82) is 0 Å². The van der Waals surface area contributed by atoms with Crippen LogP contribution in [0.3, 0.4) is 0 Å². The number of hydrogen-bond acceptors (Lipinski definition) is 7. The highest BCUT2D eigenvalue weighted by atomic mass is 32.1. The number of aromatic nitrogens is 2. The first kappa shape index (κ1) is 35.4. The van der Waals surface area contributed by atoms with Gasteiger partial charge in [-0.25, -0.2) is 14.2 Å². The number of benzene rings is 3. The van der Waals surface area contributed by atoms with E-state index >= 15 is 0 Å². The summed E-state index contributed by atoms with van der Waals surface area (Å²) in [5.41, 5.74) is 2.26. The molecule has 5 aromatic rings. The minimum atomic E-state index is -1.31. The van der Waals surface area contributed by atoms with Gasteiger partial charge in [0.05, 0.1) is 6.33 Å². The van der Waals surface area contributed by atoms with Crippen molar-refractivity contribution in [3.63, 3.8) is 0 Å². The van der Waals surface area contributed by atoms with E-state index in [1.165, 1.54) is 36.0 Å². The van der Waals surface area contributed by atoms with E-state index in [0.29, 0.717) is 5.69 Å². The van der Waals surface area contributed by atoms with Gasteiger partial charge in [0.1, 0.15) is 23.9 Å². The van der Waals surface area contributed by atoms with Crippen LogP contribution in [0, 0.1) is 5.82 Å². The molecular formula is C36H35FN6O6S. The van der Waals surface area contributed by atoms with Crippen LogP contribution >= 0.6 is 11.3 Å². The van der Waals surface area contributed by atoms with Crippen LogP contribution in [0.15, 0.2) is 96.8 Å². The number of carbonyl (C=O) groups excluding carboxylic acids is 4. The number of aliphatic carboxylic acids is 1. The summed E-state index contributed by atoms with van der Waals surface area (Å²) in [7, 11) is 0. The molecule has 3 aromatic carbocycles. The molecule has 14 heteroatoms. The fraction of sp³-hybridized carbons (Fsp3) is 0.222. The number of nitrogens with zero attached hydrogens (tertiary/aromatic N) is 1. The van der Waals surface area contributed by atoms with Crippen molar-refractivity contribution in [3.05, 3.63) is 125 Å². The van der Waals surface area contributed by atoms with Gasteiger partial charge in [-0.15, -0.1) is 11.3 Å². The number of carbonyl (C=O) groups is 5. The SMILES string of the molecule is O=C(CCNC(=O)c1ccc(F)cc1)N[C@@H](Cc1csc2ccccc12)C(=O)N[C@H](Cc1ccccc1)C(=O)N[C@@H](Cc1cnc[nH]1)C(=O)O. The lowest BCUT2D eigenvalue weighted by Crippen LogP contribution is -2.57.